The van der Waals surface area contributed by atoms with E-state index in [9.17, 15) is 4.79 Å². The van der Waals surface area contributed by atoms with Crippen LogP contribution in [0.15, 0.2) is 24.3 Å². The number of nitrogens with two attached hydrogens (primary N) is 1. The van der Waals surface area contributed by atoms with E-state index < -0.39 is 0 Å². The number of carbonyl (C=O) groups is 1. The van der Waals surface area contributed by atoms with Gasteiger partial charge in [-0.15, -0.1) is 0 Å². The molecule has 1 saturated heterocycles. The summed E-state index contributed by atoms with van der Waals surface area (Å²) in [5.41, 5.74) is 6.74. The van der Waals surface area contributed by atoms with Crippen molar-refractivity contribution in [2.75, 3.05) is 26.7 Å². The van der Waals surface area contributed by atoms with Crippen LogP contribution in [0.1, 0.15) is 30.7 Å². The molecule has 2 rings (SSSR count). The lowest BCUT2D eigenvalue weighted by atomic mass is 9.89. The molecule has 1 aromatic carbocycles. The average molecular weight is 262 g/mol. The molecule has 0 aromatic heterocycles. The third-order valence-corrected chi connectivity index (χ3v) is 3.77. The minimum absolute atomic E-state index is 0.187. The van der Waals surface area contributed by atoms with Crippen LogP contribution in [0.25, 0.3) is 0 Å². The van der Waals surface area contributed by atoms with E-state index in [4.69, 9.17) is 10.5 Å². The van der Waals surface area contributed by atoms with E-state index in [2.05, 4.69) is 12.1 Å². The van der Waals surface area contributed by atoms with E-state index in [1.165, 1.54) is 5.56 Å². The molecule has 4 heteroatoms. The van der Waals surface area contributed by atoms with Crippen molar-refractivity contribution in [2.45, 2.75) is 25.2 Å². The molecular formula is C15H22N2O2. The fourth-order valence-electron chi connectivity index (χ4n) is 2.64. The van der Waals surface area contributed by atoms with E-state index >= 15 is 0 Å². The van der Waals surface area contributed by atoms with Crippen LogP contribution in [0.4, 0.5) is 0 Å². The van der Waals surface area contributed by atoms with Crippen molar-refractivity contribution in [3.05, 3.63) is 29.8 Å². The van der Waals surface area contributed by atoms with E-state index in [1.807, 2.05) is 17.0 Å². The molecule has 0 unspecified atom stereocenters. The number of hydrogen-bond acceptors (Lipinski definition) is 3. The number of carbonyl (C=O) groups excluding carboxylic acids is 1. The Morgan fingerprint density at radius 3 is 2.79 bits per heavy atom. The van der Waals surface area contributed by atoms with Gasteiger partial charge in [-0.1, -0.05) is 12.1 Å². The van der Waals surface area contributed by atoms with Gasteiger partial charge in [0.15, 0.2) is 0 Å². The minimum atomic E-state index is 0.187. The van der Waals surface area contributed by atoms with Gasteiger partial charge in [-0.3, -0.25) is 4.79 Å². The maximum Gasteiger partial charge on any atom is 0.223 e. The largest absolute Gasteiger partial charge is 0.497 e. The van der Waals surface area contributed by atoms with Gasteiger partial charge in [-0.25, -0.2) is 0 Å². The van der Waals surface area contributed by atoms with Gasteiger partial charge in [0, 0.05) is 26.1 Å². The van der Waals surface area contributed by atoms with Gasteiger partial charge >= 0.3 is 0 Å². The van der Waals surface area contributed by atoms with Crippen LogP contribution in [0, 0.1) is 0 Å². The molecule has 0 spiro atoms. The summed E-state index contributed by atoms with van der Waals surface area (Å²) < 4.78 is 5.26. The van der Waals surface area contributed by atoms with Crippen LogP contribution in [0.3, 0.4) is 0 Å². The SMILES string of the molecule is COc1cccc(C2CCN(C(=O)CCN)CC2)c1. The van der Waals surface area contributed by atoms with Crippen LogP contribution >= 0.6 is 0 Å². The van der Waals surface area contributed by atoms with E-state index in [-0.39, 0.29) is 5.91 Å². The van der Waals surface area contributed by atoms with Gasteiger partial charge in [0.2, 0.25) is 5.91 Å². The lowest BCUT2D eigenvalue weighted by molar-refractivity contribution is -0.132. The van der Waals surface area contributed by atoms with Crippen LogP contribution in [0.5, 0.6) is 5.75 Å². The summed E-state index contributed by atoms with van der Waals surface area (Å²) in [5, 5.41) is 0. The first-order valence-electron chi connectivity index (χ1n) is 6.86. The zero-order valence-electron chi connectivity index (χ0n) is 11.5. The Bertz CT molecular complexity index is 426. The molecule has 0 saturated carbocycles. The van der Waals surface area contributed by atoms with Gasteiger partial charge in [0.05, 0.1) is 7.11 Å². The number of amides is 1. The van der Waals surface area contributed by atoms with Crippen molar-refractivity contribution in [2.24, 2.45) is 5.73 Å². The van der Waals surface area contributed by atoms with Crippen molar-refractivity contribution in [1.82, 2.24) is 4.90 Å². The first-order chi connectivity index (χ1) is 9.24. The summed E-state index contributed by atoms with van der Waals surface area (Å²) in [7, 11) is 1.69. The van der Waals surface area contributed by atoms with Crippen LogP contribution < -0.4 is 10.5 Å². The predicted octanol–water partition coefficient (Wildman–Crippen LogP) is 1.75. The van der Waals surface area contributed by atoms with Crippen molar-refractivity contribution in [3.63, 3.8) is 0 Å². The third-order valence-electron chi connectivity index (χ3n) is 3.77. The smallest absolute Gasteiger partial charge is 0.223 e. The lowest BCUT2D eigenvalue weighted by Crippen LogP contribution is -2.38. The number of benzene rings is 1. The average Bonchev–Trinajstić information content (AvgIpc) is 2.48. The van der Waals surface area contributed by atoms with Gasteiger partial charge in [-0.2, -0.15) is 0 Å². The summed E-state index contributed by atoms with van der Waals surface area (Å²) in [4.78, 5) is 13.7. The molecule has 1 heterocycles. The monoisotopic (exact) mass is 262 g/mol. The molecule has 1 amide bonds. The van der Waals surface area contributed by atoms with Gasteiger partial charge < -0.3 is 15.4 Å². The Labute approximate surface area is 114 Å². The summed E-state index contributed by atoms with van der Waals surface area (Å²) in [5.74, 6) is 1.61. The summed E-state index contributed by atoms with van der Waals surface area (Å²) >= 11 is 0. The Kier molecular flexibility index (Phi) is 4.80. The second-order valence-corrected chi connectivity index (χ2v) is 4.97. The van der Waals surface area contributed by atoms with E-state index in [0.717, 1.165) is 31.7 Å². The number of likely N-dealkylation sites (tertiary alicyclic amines) is 1. The number of piperidine rings is 1. The minimum Gasteiger partial charge on any atom is -0.497 e. The van der Waals surface area contributed by atoms with Gasteiger partial charge in [0.1, 0.15) is 5.75 Å². The second kappa shape index (κ2) is 6.57. The summed E-state index contributed by atoms with van der Waals surface area (Å²) in [6, 6.07) is 8.23. The molecule has 1 fully saturated rings. The highest BCUT2D eigenvalue weighted by Gasteiger charge is 2.23. The first kappa shape index (κ1) is 13.9. The molecule has 1 aromatic rings. The van der Waals surface area contributed by atoms with E-state index in [1.54, 1.807) is 7.11 Å². The van der Waals surface area contributed by atoms with Crippen molar-refractivity contribution in [3.8, 4) is 5.75 Å². The standard InChI is InChI=1S/C15H22N2O2/c1-19-14-4-2-3-13(11-14)12-6-9-17(10-7-12)15(18)5-8-16/h2-4,11-12H,5-10,16H2,1H3. The molecule has 1 aliphatic heterocycles. The molecule has 0 bridgehead atoms. The molecule has 2 N–H and O–H groups in total. The maximum atomic E-state index is 11.8. The van der Waals surface area contributed by atoms with E-state index in [0.29, 0.717) is 18.9 Å². The molecule has 4 nitrogen and oxygen atoms in total. The summed E-state index contributed by atoms with van der Waals surface area (Å²) in [6.45, 7) is 2.11. The Hall–Kier alpha value is -1.55. The summed E-state index contributed by atoms with van der Waals surface area (Å²) in [6.07, 6.45) is 2.50. The molecule has 104 valence electrons. The topological polar surface area (TPSA) is 55.6 Å². The van der Waals surface area contributed by atoms with Gasteiger partial charge in [-0.05, 0) is 36.5 Å². The quantitative estimate of drug-likeness (QED) is 0.899. The highest BCUT2D eigenvalue weighted by molar-refractivity contribution is 5.76. The Balaban J connectivity index is 1.94. The highest BCUT2D eigenvalue weighted by Crippen LogP contribution is 2.30. The number of hydrogen-bond donors (Lipinski definition) is 1. The van der Waals surface area contributed by atoms with Crippen molar-refractivity contribution in [1.29, 1.82) is 0 Å². The zero-order valence-corrected chi connectivity index (χ0v) is 11.5. The fourth-order valence-corrected chi connectivity index (χ4v) is 2.64. The lowest BCUT2D eigenvalue weighted by Gasteiger charge is -2.32. The molecule has 19 heavy (non-hydrogen) atoms. The number of nitrogens with zero attached hydrogens (tertiary/aromatic N) is 1. The third kappa shape index (κ3) is 3.47. The molecule has 1 aliphatic rings. The number of rotatable bonds is 4. The zero-order chi connectivity index (χ0) is 13.7. The van der Waals surface area contributed by atoms with Crippen LogP contribution in [0.2, 0.25) is 0 Å². The molecule has 0 atom stereocenters. The molecular weight excluding hydrogens is 240 g/mol. The molecule has 0 aliphatic carbocycles. The second-order valence-electron chi connectivity index (χ2n) is 4.97. The fraction of sp³-hybridized carbons (Fsp3) is 0.533. The van der Waals surface area contributed by atoms with Crippen LogP contribution in [-0.2, 0) is 4.79 Å². The molecule has 0 radical (unpaired) electrons. The predicted molar refractivity (Wildman–Crippen MR) is 75.2 cm³/mol. The van der Waals surface area contributed by atoms with Crippen molar-refractivity contribution >= 4 is 5.91 Å². The number of methoxy groups -OCH3 is 1. The van der Waals surface area contributed by atoms with Crippen LogP contribution in [-0.4, -0.2) is 37.6 Å². The first-order valence-corrected chi connectivity index (χ1v) is 6.86. The van der Waals surface area contributed by atoms with Gasteiger partial charge in [0.25, 0.3) is 0 Å². The highest BCUT2D eigenvalue weighted by atomic mass is 16.5. The normalized spacial score (nSPS) is 16.4. The number of ether oxygens (including phenoxy) is 1. The Morgan fingerprint density at radius 1 is 1.42 bits per heavy atom. The Morgan fingerprint density at radius 2 is 2.16 bits per heavy atom. The van der Waals surface area contributed by atoms with Crippen molar-refractivity contribution < 1.29 is 9.53 Å². The maximum absolute atomic E-state index is 11.8.